The van der Waals surface area contributed by atoms with Gasteiger partial charge in [-0.25, -0.2) is 0 Å². The van der Waals surface area contributed by atoms with Gasteiger partial charge < -0.3 is 10.2 Å². The topological polar surface area (TPSA) is 33.1 Å². The predicted octanol–water partition coefficient (Wildman–Crippen LogP) is 3.69. The highest BCUT2D eigenvalue weighted by Gasteiger charge is 2.11. The molecule has 0 atom stereocenters. The molecule has 1 N–H and O–H groups in total. The summed E-state index contributed by atoms with van der Waals surface area (Å²) in [6, 6.07) is 8.11. The Hall–Kier alpha value is -1.59. The van der Waals surface area contributed by atoms with Crippen LogP contribution in [0.15, 0.2) is 30.5 Å². The summed E-state index contributed by atoms with van der Waals surface area (Å²) in [6.07, 6.45) is 1.83. The van der Waals surface area contributed by atoms with Crippen LogP contribution in [-0.4, -0.2) is 26.8 Å². The molecular weight excluding hydrogens is 304 g/mol. The summed E-state index contributed by atoms with van der Waals surface area (Å²) in [7, 11) is 1.92. The number of halogens is 1. The fourth-order valence-corrected chi connectivity index (χ4v) is 2.25. The largest absolute Gasteiger partial charge is 0.346 e. The van der Waals surface area contributed by atoms with Gasteiger partial charge in [0.25, 0.3) is 0 Å². The van der Waals surface area contributed by atoms with Crippen LogP contribution in [0.25, 0.3) is 0 Å². The number of hydrogen-bond donors (Lipinski definition) is 1. The number of aromatic nitrogens is 2. The van der Waals surface area contributed by atoms with Crippen LogP contribution in [0.3, 0.4) is 0 Å². The van der Waals surface area contributed by atoms with E-state index in [0.717, 1.165) is 17.9 Å². The van der Waals surface area contributed by atoms with Crippen molar-refractivity contribution < 1.29 is 0 Å². The maximum absolute atomic E-state index is 6.18. The third-order valence-corrected chi connectivity index (χ3v) is 3.88. The molecule has 0 spiro atoms. The highest BCUT2D eigenvalue weighted by atomic mass is 35.5. The van der Waals surface area contributed by atoms with Crippen LogP contribution >= 0.6 is 23.8 Å². The number of hydrogen-bond acceptors (Lipinski definition) is 2. The van der Waals surface area contributed by atoms with Gasteiger partial charge in [-0.1, -0.05) is 29.3 Å². The molecule has 0 aliphatic rings. The summed E-state index contributed by atoms with van der Waals surface area (Å²) in [6.45, 7) is 5.46. The van der Waals surface area contributed by atoms with Crippen LogP contribution in [0.2, 0.25) is 5.02 Å². The van der Waals surface area contributed by atoms with E-state index in [-0.39, 0.29) is 0 Å². The molecule has 2 aromatic rings. The normalized spacial score (nSPS) is 10.5. The van der Waals surface area contributed by atoms with E-state index in [0.29, 0.717) is 16.7 Å². The Kier molecular flexibility index (Phi) is 5.20. The molecule has 0 saturated carbocycles. The molecule has 6 heteroatoms. The first-order valence-corrected chi connectivity index (χ1v) is 7.59. The first-order chi connectivity index (χ1) is 9.99. The van der Waals surface area contributed by atoms with Gasteiger partial charge in [0.1, 0.15) is 5.69 Å². The number of nitrogens with one attached hydrogen (secondary N) is 1. The second-order valence-corrected chi connectivity index (χ2v) is 5.73. The van der Waals surface area contributed by atoms with Crippen molar-refractivity contribution in [2.75, 3.05) is 12.4 Å². The molecule has 2 rings (SSSR count). The molecule has 0 fully saturated rings. The summed E-state index contributed by atoms with van der Waals surface area (Å²) in [5.41, 5.74) is 3.02. The van der Waals surface area contributed by atoms with Crippen LogP contribution in [0.4, 0.5) is 5.69 Å². The molecule has 0 bridgehead atoms. The van der Waals surface area contributed by atoms with Crippen molar-refractivity contribution in [2.45, 2.75) is 26.9 Å². The van der Waals surface area contributed by atoms with Crippen LogP contribution in [0, 0.1) is 6.92 Å². The molecule has 4 nitrogen and oxygen atoms in total. The maximum atomic E-state index is 6.18. The van der Waals surface area contributed by atoms with Gasteiger partial charge in [-0.3, -0.25) is 4.68 Å². The van der Waals surface area contributed by atoms with Gasteiger partial charge in [0.2, 0.25) is 0 Å². The minimum Gasteiger partial charge on any atom is -0.346 e. The quantitative estimate of drug-likeness (QED) is 0.870. The van der Waals surface area contributed by atoms with Gasteiger partial charge in [0.15, 0.2) is 5.11 Å². The smallest absolute Gasteiger partial charge is 0.173 e. The number of benzene rings is 1. The second-order valence-electron chi connectivity index (χ2n) is 4.93. The average molecular weight is 323 g/mol. The van der Waals surface area contributed by atoms with Crippen molar-refractivity contribution in [3.63, 3.8) is 0 Å². The lowest BCUT2D eigenvalue weighted by Crippen LogP contribution is -2.30. The van der Waals surface area contributed by atoms with Crippen molar-refractivity contribution in [1.29, 1.82) is 0 Å². The highest BCUT2D eigenvalue weighted by molar-refractivity contribution is 7.80. The Balaban J connectivity index is 1.98. The van der Waals surface area contributed by atoms with Crippen LogP contribution in [-0.2, 0) is 13.1 Å². The minimum atomic E-state index is 0.573. The molecule has 0 aliphatic carbocycles. The first kappa shape index (κ1) is 15.8. The fourth-order valence-electron chi connectivity index (χ4n) is 1.86. The Bertz CT molecular complexity index is 621. The molecule has 1 aromatic heterocycles. The second kappa shape index (κ2) is 6.91. The number of aryl methyl sites for hydroxylation is 2. The summed E-state index contributed by atoms with van der Waals surface area (Å²) in [4.78, 5) is 1.92. The van der Waals surface area contributed by atoms with Gasteiger partial charge in [0.05, 0.1) is 11.6 Å². The number of thiocarbonyl (C=S) groups is 1. The van der Waals surface area contributed by atoms with Gasteiger partial charge in [0, 0.05) is 25.5 Å². The standard InChI is InChI=1S/C15H19ClN4S/c1-4-20-9-13(16)14(18-20)10-19(3)15(21)17-12-7-5-11(2)6-8-12/h5-9H,4,10H2,1-3H3,(H,17,21). The zero-order chi connectivity index (χ0) is 15.4. The van der Waals surface area contributed by atoms with E-state index in [2.05, 4.69) is 17.3 Å². The number of rotatable bonds is 4. The zero-order valence-corrected chi connectivity index (χ0v) is 14.0. The Morgan fingerprint density at radius 1 is 1.38 bits per heavy atom. The van der Waals surface area contributed by atoms with Crippen LogP contribution in [0.1, 0.15) is 18.2 Å². The first-order valence-electron chi connectivity index (χ1n) is 6.80. The van der Waals surface area contributed by atoms with Gasteiger partial charge in [-0.15, -0.1) is 0 Å². The van der Waals surface area contributed by atoms with Crippen molar-refractivity contribution in [3.05, 3.63) is 46.7 Å². The van der Waals surface area contributed by atoms with E-state index in [1.165, 1.54) is 5.56 Å². The molecule has 0 saturated heterocycles. The van der Waals surface area contributed by atoms with Crippen LogP contribution in [0.5, 0.6) is 0 Å². The van der Waals surface area contributed by atoms with E-state index in [9.17, 15) is 0 Å². The van der Waals surface area contributed by atoms with E-state index < -0.39 is 0 Å². The van der Waals surface area contributed by atoms with Crippen molar-refractivity contribution in [3.8, 4) is 0 Å². The molecule has 21 heavy (non-hydrogen) atoms. The van der Waals surface area contributed by atoms with Gasteiger partial charge in [-0.05, 0) is 38.2 Å². The number of anilines is 1. The lowest BCUT2D eigenvalue weighted by atomic mass is 10.2. The molecule has 1 heterocycles. The third kappa shape index (κ3) is 4.19. The van der Waals surface area contributed by atoms with E-state index in [1.54, 1.807) is 0 Å². The van der Waals surface area contributed by atoms with Gasteiger partial charge in [-0.2, -0.15) is 5.10 Å². The maximum Gasteiger partial charge on any atom is 0.173 e. The lowest BCUT2D eigenvalue weighted by Gasteiger charge is -2.20. The van der Waals surface area contributed by atoms with E-state index >= 15 is 0 Å². The Morgan fingerprint density at radius 2 is 2.05 bits per heavy atom. The predicted molar refractivity (Wildman–Crippen MR) is 91.8 cm³/mol. The molecule has 0 unspecified atom stereocenters. The fraction of sp³-hybridized carbons (Fsp3) is 0.333. The zero-order valence-electron chi connectivity index (χ0n) is 12.4. The monoisotopic (exact) mass is 322 g/mol. The van der Waals surface area contributed by atoms with Crippen molar-refractivity contribution >= 4 is 34.6 Å². The van der Waals surface area contributed by atoms with E-state index in [4.69, 9.17) is 23.8 Å². The SMILES string of the molecule is CCn1cc(Cl)c(CN(C)C(=S)Nc2ccc(C)cc2)n1. The molecule has 0 aliphatic heterocycles. The van der Waals surface area contributed by atoms with Crippen molar-refractivity contribution in [2.24, 2.45) is 0 Å². The summed E-state index contributed by atoms with van der Waals surface area (Å²) >= 11 is 11.6. The lowest BCUT2D eigenvalue weighted by molar-refractivity contribution is 0.492. The van der Waals surface area contributed by atoms with E-state index in [1.807, 2.05) is 54.0 Å². The molecule has 112 valence electrons. The Morgan fingerprint density at radius 3 is 2.62 bits per heavy atom. The summed E-state index contributed by atoms with van der Waals surface area (Å²) in [5, 5.41) is 8.94. The third-order valence-electron chi connectivity index (χ3n) is 3.15. The van der Waals surface area contributed by atoms with Crippen molar-refractivity contribution in [1.82, 2.24) is 14.7 Å². The summed E-state index contributed by atoms with van der Waals surface area (Å²) < 4.78 is 1.82. The Labute approximate surface area is 135 Å². The molecule has 0 radical (unpaired) electrons. The van der Waals surface area contributed by atoms with Gasteiger partial charge >= 0.3 is 0 Å². The summed E-state index contributed by atoms with van der Waals surface area (Å²) in [5.74, 6) is 0. The average Bonchev–Trinajstić information content (AvgIpc) is 2.82. The molecule has 1 aromatic carbocycles. The highest BCUT2D eigenvalue weighted by Crippen LogP contribution is 2.16. The molecular formula is C15H19ClN4S. The molecule has 0 amide bonds. The number of nitrogens with zero attached hydrogens (tertiary/aromatic N) is 3. The minimum absolute atomic E-state index is 0.573. The van der Waals surface area contributed by atoms with Crippen LogP contribution < -0.4 is 5.32 Å².